The number of nitrogens with zero attached hydrogens (tertiary/aromatic N) is 3. The van der Waals surface area contributed by atoms with E-state index in [-0.39, 0.29) is 13.0 Å². The van der Waals surface area contributed by atoms with Crippen molar-refractivity contribution in [2.75, 3.05) is 0 Å². The van der Waals surface area contributed by atoms with Crippen molar-refractivity contribution >= 4 is 12.1 Å². The highest BCUT2D eigenvalue weighted by atomic mass is 16.6. The summed E-state index contributed by atoms with van der Waals surface area (Å²) in [5.74, 6) is -0.111. The zero-order valence-electron chi connectivity index (χ0n) is 15.1. The first kappa shape index (κ1) is 19.4. The second-order valence-electron chi connectivity index (χ2n) is 6.66. The lowest BCUT2D eigenvalue weighted by atomic mass is 10.1. The molecular weight excluding hydrogens is 338 g/mol. The molecule has 0 saturated heterocycles. The Morgan fingerprint density at radius 1 is 1.23 bits per heavy atom. The maximum atomic E-state index is 12.4. The van der Waals surface area contributed by atoms with Crippen LogP contribution in [-0.4, -0.2) is 44.3 Å². The average Bonchev–Trinajstić information content (AvgIpc) is 3.09. The largest absolute Gasteiger partial charge is 0.459 e. The Bertz CT molecular complexity index is 698. The number of H-pyrrole nitrogens is 1. The highest BCUT2D eigenvalue weighted by molar-refractivity contribution is 5.81. The van der Waals surface area contributed by atoms with Gasteiger partial charge in [-0.25, -0.2) is 9.59 Å². The monoisotopic (exact) mass is 361 g/mol. The Labute approximate surface area is 151 Å². The van der Waals surface area contributed by atoms with Gasteiger partial charge in [-0.2, -0.15) is 5.21 Å². The molecule has 2 rings (SSSR count). The van der Waals surface area contributed by atoms with Gasteiger partial charge in [-0.3, -0.25) is 0 Å². The van der Waals surface area contributed by atoms with Gasteiger partial charge >= 0.3 is 12.1 Å². The van der Waals surface area contributed by atoms with Crippen LogP contribution in [0.4, 0.5) is 4.79 Å². The lowest BCUT2D eigenvalue weighted by Gasteiger charge is -2.22. The number of alkyl carbamates (subject to hydrolysis) is 1. The van der Waals surface area contributed by atoms with Crippen molar-refractivity contribution < 1.29 is 19.1 Å². The molecule has 0 aliphatic rings. The fourth-order valence-corrected chi connectivity index (χ4v) is 2.09. The van der Waals surface area contributed by atoms with Gasteiger partial charge in [-0.15, -0.1) is 10.2 Å². The molecule has 0 saturated carbocycles. The van der Waals surface area contributed by atoms with Crippen LogP contribution < -0.4 is 5.32 Å². The Kier molecular flexibility index (Phi) is 6.65. The number of tetrazole rings is 1. The molecule has 26 heavy (non-hydrogen) atoms. The molecule has 2 aromatic rings. The molecule has 0 fully saturated rings. The van der Waals surface area contributed by atoms with Gasteiger partial charge in [0.1, 0.15) is 18.2 Å². The molecule has 0 radical (unpaired) electrons. The fourth-order valence-electron chi connectivity index (χ4n) is 2.09. The van der Waals surface area contributed by atoms with Crippen LogP contribution in [0.1, 0.15) is 38.6 Å². The standard InChI is InChI=1S/C17H23N5O4/c1-17(2,3)26-16(24)18-13(9-10-14-19-21-22-20-14)15(23)25-11-12-7-5-4-6-8-12/h4-8,13H,9-11H2,1-3H3,(H,18,24)(H,19,20,21,22)/t13-/m0/s1. The number of carbonyl (C=O) groups is 2. The zero-order chi connectivity index (χ0) is 19.0. The number of aromatic nitrogens is 4. The van der Waals surface area contributed by atoms with E-state index in [4.69, 9.17) is 9.47 Å². The number of esters is 1. The summed E-state index contributed by atoms with van der Waals surface area (Å²) in [5.41, 5.74) is 0.186. The van der Waals surface area contributed by atoms with Crippen LogP contribution in [0, 0.1) is 0 Å². The Balaban J connectivity index is 1.95. The van der Waals surface area contributed by atoms with E-state index in [1.807, 2.05) is 30.3 Å². The highest BCUT2D eigenvalue weighted by Crippen LogP contribution is 2.09. The van der Waals surface area contributed by atoms with Crippen LogP contribution in [0.5, 0.6) is 0 Å². The van der Waals surface area contributed by atoms with E-state index >= 15 is 0 Å². The quantitative estimate of drug-likeness (QED) is 0.721. The molecule has 1 atom stereocenters. The second kappa shape index (κ2) is 8.93. The molecule has 140 valence electrons. The zero-order valence-corrected chi connectivity index (χ0v) is 15.1. The number of amides is 1. The predicted molar refractivity (Wildman–Crippen MR) is 91.9 cm³/mol. The van der Waals surface area contributed by atoms with E-state index in [1.54, 1.807) is 20.8 Å². The number of nitrogens with one attached hydrogen (secondary N) is 2. The van der Waals surface area contributed by atoms with Crippen molar-refractivity contribution in [2.24, 2.45) is 0 Å². The topological polar surface area (TPSA) is 119 Å². The summed E-state index contributed by atoms with van der Waals surface area (Å²) >= 11 is 0. The lowest BCUT2D eigenvalue weighted by molar-refractivity contribution is -0.147. The number of aryl methyl sites for hydroxylation is 1. The lowest BCUT2D eigenvalue weighted by Crippen LogP contribution is -2.44. The van der Waals surface area contributed by atoms with Crippen molar-refractivity contribution in [1.29, 1.82) is 0 Å². The number of ether oxygens (including phenoxy) is 2. The van der Waals surface area contributed by atoms with Crippen LogP contribution in [0.25, 0.3) is 0 Å². The van der Waals surface area contributed by atoms with Gasteiger partial charge in [-0.1, -0.05) is 35.5 Å². The van der Waals surface area contributed by atoms with E-state index in [2.05, 4.69) is 25.9 Å². The molecule has 0 aliphatic heterocycles. The summed E-state index contributed by atoms with van der Waals surface area (Å²) in [7, 11) is 0. The smallest absolute Gasteiger partial charge is 0.408 e. The Hall–Kier alpha value is -2.97. The SMILES string of the molecule is CC(C)(C)OC(=O)N[C@@H](CCc1nn[nH]n1)C(=O)OCc1ccccc1. The minimum Gasteiger partial charge on any atom is -0.459 e. The van der Waals surface area contributed by atoms with Gasteiger partial charge in [0.05, 0.1) is 0 Å². The number of carbonyl (C=O) groups excluding carboxylic acids is 2. The first-order valence-electron chi connectivity index (χ1n) is 8.26. The van der Waals surface area contributed by atoms with Gasteiger partial charge in [-0.05, 0) is 32.8 Å². The second-order valence-corrected chi connectivity index (χ2v) is 6.66. The minimum absolute atomic E-state index is 0.119. The maximum absolute atomic E-state index is 12.4. The van der Waals surface area contributed by atoms with Crippen molar-refractivity contribution in [3.63, 3.8) is 0 Å². The third-order valence-electron chi connectivity index (χ3n) is 3.25. The molecule has 9 heteroatoms. The first-order valence-corrected chi connectivity index (χ1v) is 8.26. The molecule has 0 bridgehead atoms. The number of hydrogen-bond donors (Lipinski definition) is 2. The third-order valence-corrected chi connectivity index (χ3v) is 3.25. The molecule has 0 aliphatic carbocycles. The summed E-state index contributed by atoms with van der Waals surface area (Å²) in [6.07, 6.45) is -0.0867. The Morgan fingerprint density at radius 3 is 2.58 bits per heavy atom. The van der Waals surface area contributed by atoms with Crippen molar-refractivity contribution in [2.45, 2.75) is 51.9 Å². The highest BCUT2D eigenvalue weighted by Gasteiger charge is 2.26. The minimum atomic E-state index is -0.882. The number of benzene rings is 1. The third kappa shape index (κ3) is 6.88. The van der Waals surface area contributed by atoms with Crippen molar-refractivity contribution in [3.05, 3.63) is 41.7 Å². The van der Waals surface area contributed by atoms with Crippen LogP contribution in [-0.2, 0) is 27.3 Å². The molecule has 0 spiro atoms. The van der Waals surface area contributed by atoms with Gasteiger partial charge in [0.15, 0.2) is 5.82 Å². The summed E-state index contributed by atoms with van der Waals surface area (Å²) < 4.78 is 10.5. The van der Waals surface area contributed by atoms with E-state index in [0.717, 1.165) is 5.56 Å². The maximum Gasteiger partial charge on any atom is 0.408 e. The molecule has 9 nitrogen and oxygen atoms in total. The van der Waals surface area contributed by atoms with Crippen LogP contribution in [0.3, 0.4) is 0 Å². The van der Waals surface area contributed by atoms with E-state index < -0.39 is 23.7 Å². The summed E-state index contributed by atoms with van der Waals surface area (Å²) in [5, 5.41) is 16.0. The van der Waals surface area contributed by atoms with E-state index in [0.29, 0.717) is 12.2 Å². The van der Waals surface area contributed by atoms with Gasteiger partial charge in [0.25, 0.3) is 0 Å². The number of rotatable bonds is 7. The van der Waals surface area contributed by atoms with Crippen LogP contribution >= 0.6 is 0 Å². The molecule has 2 N–H and O–H groups in total. The summed E-state index contributed by atoms with van der Waals surface area (Å²) in [4.78, 5) is 24.4. The fraction of sp³-hybridized carbons (Fsp3) is 0.471. The summed E-state index contributed by atoms with van der Waals surface area (Å²) in [6, 6.07) is 8.41. The molecule has 0 unspecified atom stereocenters. The molecule has 1 heterocycles. The normalized spacial score (nSPS) is 12.3. The van der Waals surface area contributed by atoms with Gasteiger partial charge in [0.2, 0.25) is 0 Å². The van der Waals surface area contributed by atoms with Gasteiger partial charge < -0.3 is 14.8 Å². The van der Waals surface area contributed by atoms with Crippen LogP contribution in [0.2, 0.25) is 0 Å². The van der Waals surface area contributed by atoms with E-state index in [9.17, 15) is 9.59 Å². The molecule has 1 amide bonds. The van der Waals surface area contributed by atoms with Crippen molar-refractivity contribution in [3.8, 4) is 0 Å². The van der Waals surface area contributed by atoms with E-state index in [1.165, 1.54) is 0 Å². The number of aromatic amines is 1. The van der Waals surface area contributed by atoms with Gasteiger partial charge in [0, 0.05) is 6.42 Å². The molecule has 1 aromatic heterocycles. The summed E-state index contributed by atoms with van der Waals surface area (Å²) in [6.45, 7) is 5.35. The van der Waals surface area contributed by atoms with Crippen LogP contribution in [0.15, 0.2) is 30.3 Å². The Morgan fingerprint density at radius 2 is 1.96 bits per heavy atom. The molecular formula is C17H23N5O4. The average molecular weight is 361 g/mol. The molecule has 1 aromatic carbocycles. The predicted octanol–water partition coefficient (Wildman–Crippen LogP) is 1.77. The van der Waals surface area contributed by atoms with Crippen molar-refractivity contribution in [1.82, 2.24) is 25.9 Å². The number of hydrogen-bond acceptors (Lipinski definition) is 7. The first-order chi connectivity index (χ1) is 12.3.